The topological polar surface area (TPSA) is 32.3 Å². The molecule has 16 heavy (non-hydrogen) atoms. The molecule has 2 N–H and O–H groups in total. The van der Waals surface area contributed by atoms with Crippen molar-refractivity contribution in [3.05, 3.63) is 35.9 Å². The highest BCUT2D eigenvalue weighted by atomic mass is 32.2. The van der Waals surface area contributed by atoms with Gasteiger partial charge in [-0.2, -0.15) is 11.8 Å². The number of aliphatic hydroxyl groups is 1. The fraction of sp³-hybridized carbons (Fsp3) is 0.500. The molecular formula is C12H19NOS2. The Kier molecular flexibility index (Phi) is 7.76. The van der Waals surface area contributed by atoms with E-state index in [1.54, 1.807) is 0 Å². The predicted octanol–water partition coefficient (Wildman–Crippen LogP) is 2.19. The van der Waals surface area contributed by atoms with E-state index in [0.717, 1.165) is 17.4 Å². The highest BCUT2D eigenvalue weighted by Gasteiger charge is 2.06. The van der Waals surface area contributed by atoms with Crippen LogP contribution in [0.25, 0.3) is 0 Å². The van der Waals surface area contributed by atoms with Crippen LogP contribution in [0.15, 0.2) is 30.3 Å². The van der Waals surface area contributed by atoms with Crippen molar-refractivity contribution >= 4 is 23.5 Å². The van der Waals surface area contributed by atoms with E-state index in [0.29, 0.717) is 0 Å². The summed E-state index contributed by atoms with van der Waals surface area (Å²) in [5, 5.41) is 13.7. The standard InChI is InChI=1S/C12H19NOS2/c1-15-10-16-9-12(8-14)13-7-11-5-3-2-4-6-11/h2-6,12-14H,7-10H2,1H3/t12-/m0/s1. The summed E-state index contributed by atoms with van der Waals surface area (Å²) in [6, 6.07) is 10.5. The molecule has 2 nitrogen and oxygen atoms in total. The Morgan fingerprint density at radius 1 is 1.31 bits per heavy atom. The zero-order valence-corrected chi connectivity index (χ0v) is 11.2. The lowest BCUT2D eigenvalue weighted by atomic mass is 10.2. The monoisotopic (exact) mass is 257 g/mol. The maximum atomic E-state index is 9.22. The molecule has 0 radical (unpaired) electrons. The fourth-order valence-electron chi connectivity index (χ4n) is 1.31. The molecular weight excluding hydrogens is 238 g/mol. The highest BCUT2D eigenvalue weighted by Crippen LogP contribution is 2.10. The second kappa shape index (κ2) is 8.93. The van der Waals surface area contributed by atoms with Crippen LogP contribution in [0.4, 0.5) is 0 Å². The van der Waals surface area contributed by atoms with Crippen molar-refractivity contribution in [3.63, 3.8) is 0 Å². The van der Waals surface area contributed by atoms with Gasteiger partial charge in [0, 0.05) is 23.4 Å². The molecule has 0 aliphatic rings. The van der Waals surface area contributed by atoms with Crippen LogP contribution in [-0.2, 0) is 6.54 Å². The molecule has 1 atom stereocenters. The molecule has 0 amide bonds. The number of rotatable bonds is 8. The summed E-state index contributed by atoms with van der Waals surface area (Å²) in [6.45, 7) is 1.03. The van der Waals surface area contributed by atoms with E-state index in [1.165, 1.54) is 5.56 Å². The van der Waals surface area contributed by atoms with Gasteiger partial charge in [0.05, 0.1) is 6.61 Å². The zero-order valence-electron chi connectivity index (χ0n) is 9.56. The average Bonchev–Trinajstić information content (AvgIpc) is 2.35. The van der Waals surface area contributed by atoms with E-state index >= 15 is 0 Å². The highest BCUT2D eigenvalue weighted by molar-refractivity contribution is 8.15. The van der Waals surface area contributed by atoms with Gasteiger partial charge >= 0.3 is 0 Å². The lowest BCUT2D eigenvalue weighted by Gasteiger charge is -2.15. The van der Waals surface area contributed by atoms with Crippen molar-refractivity contribution in [2.75, 3.05) is 23.7 Å². The maximum absolute atomic E-state index is 9.22. The zero-order chi connectivity index (χ0) is 11.6. The SMILES string of the molecule is CSCSC[C@H](CO)NCc1ccccc1. The van der Waals surface area contributed by atoms with Gasteiger partial charge in [0.15, 0.2) is 0 Å². The van der Waals surface area contributed by atoms with Crippen LogP contribution < -0.4 is 5.32 Å². The Balaban J connectivity index is 2.23. The van der Waals surface area contributed by atoms with Crippen molar-refractivity contribution in [2.45, 2.75) is 12.6 Å². The molecule has 90 valence electrons. The lowest BCUT2D eigenvalue weighted by Crippen LogP contribution is -2.34. The van der Waals surface area contributed by atoms with Crippen LogP contribution in [0.5, 0.6) is 0 Å². The molecule has 0 unspecified atom stereocenters. The number of benzene rings is 1. The molecule has 0 heterocycles. The van der Waals surface area contributed by atoms with E-state index in [4.69, 9.17) is 0 Å². The fourth-order valence-corrected chi connectivity index (χ4v) is 2.87. The molecule has 0 aromatic heterocycles. The Morgan fingerprint density at radius 2 is 2.06 bits per heavy atom. The van der Waals surface area contributed by atoms with Gasteiger partial charge in [0.25, 0.3) is 0 Å². The molecule has 0 fully saturated rings. The molecule has 0 bridgehead atoms. The van der Waals surface area contributed by atoms with Crippen LogP contribution in [0.1, 0.15) is 5.56 Å². The van der Waals surface area contributed by atoms with Gasteiger partial charge in [-0.1, -0.05) is 30.3 Å². The third-order valence-electron chi connectivity index (χ3n) is 2.18. The van der Waals surface area contributed by atoms with Crippen LogP contribution in [0, 0.1) is 0 Å². The maximum Gasteiger partial charge on any atom is 0.0592 e. The summed E-state index contributed by atoms with van der Waals surface area (Å²) in [5.74, 6) is 0.962. The Morgan fingerprint density at radius 3 is 2.69 bits per heavy atom. The van der Waals surface area contributed by atoms with Gasteiger partial charge in [-0.25, -0.2) is 0 Å². The number of thioether (sulfide) groups is 2. The van der Waals surface area contributed by atoms with E-state index < -0.39 is 0 Å². The number of aliphatic hydroxyl groups excluding tert-OH is 1. The summed E-state index contributed by atoms with van der Waals surface area (Å²) >= 11 is 3.68. The summed E-state index contributed by atoms with van der Waals surface area (Å²) in [7, 11) is 0. The van der Waals surface area contributed by atoms with E-state index in [1.807, 2.05) is 41.7 Å². The van der Waals surface area contributed by atoms with Crippen molar-refractivity contribution < 1.29 is 5.11 Å². The van der Waals surface area contributed by atoms with Crippen LogP contribution >= 0.6 is 23.5 Å². The lowest BCUT2D eigenvalue weighted by molar-refractivity contribution is 0.253. The van der Waals surface area contributed by atoms with Crippen molar-refractivity contribution in [1.82, 2.24) is 5.32 Å². The van der Waals surface area contributed by atoms with Crippen LogP contribution in [-0.4, -0.2) is 34.8 Å². The van der Waals surface area contributed by atoms with Crippen molar-refractivity contribution in [1.29, 1.82) is 0 Å². The summed E-state index contributed by atoms with van der Waals surface area (Å²) in [6.07, 6.45) is 2.10. The summed E-state index contributed by atoms with van der Waals surface area (Å²) < 4.78 is 0. The quantitative estimate of drug-likeness (QED) is 0.552. The van der Waals surface area contributed by atoms with Gasteiger partial charge in [0.1, 0.15) is 0 Å². The first-order chi connectivity index (χ1) is 7.86. The molecule has 0 saturated heterocycles. The Labute approximate surface area is 106 Å². The molecule has 1 rings (SSSR count). The third-order valence-corrected chi connectivity index (χ3v) is 4.43. The number of hydrogen-bond acceptors (Lipinski definition) is 4. The second-order valence-electron chi connectivity index (χ2n) is 3.52. The summed E-state index contributed by atoms with van der Waals surface area (Å²) in [5.41, 5.74) is 1.26. The van der Waals surface area contributed by atoms with Crippen LogP contribution in [0.2, 0.25) is 0 Å². The molecule has 1 aromatic rings. The second-order valence-corrected chi connectivity index (χ2v) is 5.79. The van der Waals surface area contributed by atoms with Gasteiger partial charge in [-0.05, 0) is 11.8 Å². The minimum Gasteiger partial charge on any atom is -0.395 e. The molecule has 1 aromatic carbocycles. The van der Waals surface area contributed by atoms with E-state index in [9.17, 15) is 5.11 Å². The first-order valence-electron chi connectivity index (χ1n) is 5.31. The van der Waals surface area contributed by atoms with Gasteiger partial charge in [-0.3, -0.25) is 0 Å². The van der Waals surface area contributed by atoms with Crippen molar-refractivity contribution in [2.24, 2.45) is 0 Å². The molecule has 4 heteroatoms. The number of hydrogen-bond donors (Lipinski definition) is 2. The van der Waals surface area contributed by atoms with E-state index in [2.05, 4.69) is 23.7 Å². The minimum absolute atomic E-state index is 0.192. The first kappa shape index (κ1) is 13.9. The van der Waals surface area contributed by atoms with Crippen LogP contribution in [0.3, 0.4) is 0 Å². The van der Waals surface area contributed by atoms with Gasteiger partial charge in [-0.15, -0.1) is 11.8 Å². The Bertz CT molecular complexity index is 269. The van der Waals surface area contributed by atoms with Crippen molar-refractivity contribution in [3.8, 4) is 0 Å². The average molecular weight is 257 g/mol. The summed E-state index contributed by atoms with van der Waals surface area (Å²) in [4.78, 5) is 0. The molecule has 0 spiro atoms. The van der Waals surface area contributed by atoms with Gasteiger partial charge < -0.3 is 10.4 Å². The largest absolute Gasteiger partial charge is 0.395 e. The minimum atomic E-state index is 0.192. The van der Waals surface area contributed by atoms with Gasteiger partial charge in [0.2, 0.25) is 0 Å². The molecule has 0 aliphatic carbocycles. The first-order valence-corrected chi connectivity index (χ1v) is 7.86. The number of nitrogens with one attached hydrogen (secondary N) is 1. The van der Waals surface area contributed by atoms with E-state index in [-0.39, 0.29) is 12.6 Å². The molecule has 0 saturated carbocycles. The third kappa shape index (κ3) is 5.80. The smallest absolute Gasteiger partial charge is 0.0592 e. The predicted molar refractivity (Wildman–Crippen MR) is 75.0 cm³/mol. The normalized spacial score (nSPS) is 12.6. The molecule has 0 aliphatic heterocycles. The Hall–Kier alpha value is -0.160.